The normalized spacial score (nSPS) is 50.6. The van der Waals surface area contributed by atoms with E-state index in [-0.39, 0.29) is 11.8 Å². The minimum absolute atomic E-state index is 0. The summed E-state index contributed by atoms with van der Waals surface area (Å²) in [6.45, 7) is 1.99. The Balaban J connectivity index is 0.00000132. The molecule has 0 amide bonds. The fourth-order valence-electron chi connectivity index (χ4n) is 6.72. The maximum atomic E-state index is 12.6. The molecule has 4 rings (SSSR count). The predicted molar refractivity (Wildman–Crippen MR) is 68.0 cm³/mol. The summed E-state index contributed by atoms with van der Waals surface area (Å²) in [4.78, 5) is 0. The van der Waals surface area contributed by atoms with Gasteiger partial charge in [0, 0.05) is 0 Å². The molecular formula is C16H22F3ORf-. The van der Waals surface area contributed by atoms with Crippen molar-refractivity contribution in [3.63, 3.8) is 0 Å². The molecule has 4 fully saturated rings. The van der Waals surface area contributed by atoms with Gasteiger partial charge in [-0.05, 0) is 67.6 Å². The minimum Gasteiger partial charge on any atom is -0.554 e. The van der Waals surface area contributed by atoms with Crippen LogP contribution in [0.1, 0.15) is 45.4 Å². The third-order valence-corrected chi connectivity index (χ3v) is 7.13. The van der Waals surface area contributed by atoms with E-state index in [4.69, 9.17) is 0 Å². The molecule has 7 atom stereocenters. The Labute approximate surface area is 117 Å². The Morgan fingerprint density at radius 3 is 2.33 bits per heavy atom. The van der Waals surface area contributed by atoms with Gasteiger partial charge >= 0.3 is 0 Å². The Morgan fingerprint density at radius 1 is 1.10 bits per heavy atom. The van der Waals surface area contributed by atoms with Crippen molar-refractivity contribution >= 4 is 0 Å². The molecule has 0 aliphatic heterocycles. The van der Waals surface area contributed by atoms with Crippen LogP contribution < -0.4 is 0 Å². The second-order valence-electron chi connectivity index (χ2n) is 8.07. The Hall–Kier alpha value is -1.25. The minimum atomic E-state index is -4.54. The molecule has 4 saturated carbocycles. The first-order valence-electron chi connectivity index (χ1n) is 7.91. The van der Waals surface area contributed by atoms with E-state index < -0.39 is 12.3 Å². The van der Waals surface area contributed by atoms with Gasteiger partial charge in [-0.2, -0.15) is 0 Å². The molecule has 21 heavy (non-hydrogen) atoms. The van der Waals surface area contributed by atoms with Gasteiger partial charge in [-0.25, -0.2) is 13.2 Å². The van der Waals surface area contributed by atoms with Gasteiger partial charge in [0.2, 0.25) is 0 Å². The quantitative estimate of drug-likeness (QED) is 0.393. The van der Waals surface area contributed by atoms with E-state index >= 15 is 0 Å². The fourth-order valence-corrected chi connectivity index (χ4v) is 6.72. The SMILES string of the molecule is CC1(C[C-](O)C(F)(F)F)CC2CC1C1C3CCC(C3)C21.[Rf]. The third kappa shape index (κ3) is 1.82. The van der Waals surface area contributed by atoms with E-state index in [1.54, 1.807) is 0 Å². The largest absolute Gasteiger partial charge is 0.554 e. The number of hydrogen-bond donors (Lipinski definition) is 1. The second kappa shape index (κ2) is 4.15. The zero-order valence-electron chi connectivity index (χ0n) is 12.5. The predicted octanol–water partition coefficient (Wildman–Crippen LogP) is 4.55. The molecule has 1 nitrogen and oxygen atoms in total. The van der Waals surface area contributed by atoms with Crippen molar-refractivity contribution in [3.8, 4) is 0 Å². The van der Waals surface area contributed by atoms with Gasteiger partial charge in [-0.15, -0.1) is 6.42 Å². The average Bonchev–Trinajstić information content (AvgIpc) is 3.02. The molecule has 0 aromatic heterocycles. The van der Waals surface area contributed by atoms with Crippen LogP contribution in [0.25, 0.3) is 0 Å². The molecule has 116 valence electrons. The molecular weight excluding hydrogens is 532 g/mol. The summed E-state index contributed by atoms with van der Waals surface area (Å²) < 4.78 is 37.9. The summed E-state index contributed by atoms with van der Waals surface area (Å²) in [6.07, 6.45) is 0.00924. The van der Waals surface area contributed by atoms with Crippen molar-refractivity contribution in [2.75, 3.05) is 0 Å². The molecule has 0 aromatic rings. The summed E-state index contributed by atoms with van der Waals surface area (Å²) in [5.74, 6) is 4.15. The van der Waals surface area contributed by atoms with Crippen LogP contribution in [0, 0.1) is 47.0 Å². The van der Waals surface area contributed by atoms with Crippen molar-refractivity contribution in [2.45, 2.75) is 51.6 Å². The zero-order valence-corrected chi connectivity index (χ0v) is 18.9. The van der Waals surface area contributed by atoms with Crippen LogP contribution in [0.3, 0.4) is 0 Å². The van der Waals surface area contributed by atoms with E-state index in [0.29, 0.717) is 17.8 Å². The first-order valence-corrected chi connectivity index (χ1v) is 7.91. The summed E-state index contributed by atoms with van der Waals surface area (Å²) in [5, 5.41) is 9.40. The van der Waals surface area contributed by atoms with Crippen LogP contribution in [0.5, 0.6) is 0 Å². The standard InChI is InChI=1S/C16H22F3O.Rf/c1-15(7-12(20)16(17,18)19)6-10-5-11(15)14-9-3-2-8(4-9)13(10)14;/h8-11,13-14,20H,2-7H2,1H3;/q-1;. The monoisotopic (exact) mass is 554 g/mol. The Kier molecular flexibility index (Phi) is 2.90. The van der Waals surface area contributed by atoms with Crippen molar-refractivity contribution in [1.29, 1.82) is 0 Å². The van der Waals surface area contributed by atoms with E-state index in [9.17, 15) is 18.3 Å². The molecule has 5 heteroatoms. The molecule has 0 saturated heterocycles. The van der Waals surface area contributed by atoms with Gasteiger partial charge < -0.3 is 5.11 Å². The maximum absolute atomic E-state index is 12.6. The van der Waals surface area contributed by atoms with Crippen LogP contribution in [0.15, 0.2) is 0 Å². The molecule has 4 aliphatic rings. The molecule has 0 aromatic carbocycles. The average molecular weight is 554 g/mol. The molecule has 4 aliphatic carbocycles. The number of alkyl halides is 3. The van der Waals surface area contributed by atoms with Crippen molar-refractivity contribution in [2.24, 2.45) is 40.9 Å². The van der Waals surface area contributed by atoms with E-state index in [2.05, 4.69) is 0 Å². The first-order chi connectivity index (χ1) is 9.29. The van der Waals surface area contributed by atoms with Crippen molar-refractivity contribution in [1.82, 2.24) is 0 Å². The fraction of sp³-hybridized carbons (Fsp3) is 0.938. The van der Waals surface area contributed by atoms with Crippen LogP contribution in [0.2, 0.25) is 0 Å². The van der Waals surface area contributed by atoms with Gasteiger partial charge in [0.25, 0.3) is 6.18 Å². The topological polar surface area (TPSA) is 20.2 Å². The van der Waals surface area contributed by atoms with E-state index in [1.807, 2.05) is 6.92 Å². The van der Waals surface area contributed by atoms with Crippen LogP contribution in [0.4, 0.5) is 13.2 Å². The molecule has 7 unspecified atom stereocenters. The van der Waals surface area contributed by atoms with Crippen LogP contribution >= 0.6 is 0 Å². The number of fused-ring (bicyclic) bond motifs is 9. The van der Waals surface area contributed by atoms with Crippen LogP contribution in [-0.2, 0) is 0 Å². The van der Waals surface area contributed by atoms with Crippen molar-refractivity contribution in [3.05, 3.63) is 6.10 Å². The van der Waals surface area contributed by atoms with Crippen molar-refractivity contribution < 1.29 is 18.3 Å². The Morgan fingerprint density at radius 2 is 1.71 bits per heavy atom. The van der Waals surface area contributed by atoms with E-state index in [1.165, 1.54) is 19.3 Å². The maximum Gasteiger partial charge on any atom is 0.294 e. The number of halogens is 3. The molecule has 4 bridgehead atoms. The van der Waals surface area contributed by atoms with Crippen LogP contribution in [-0.4, -0.2) is 11.3 Å². The zero-order chi connectivity index (χ0) is 14.3. The summed E-state index contributed by atoms with van der Waals surface area (Å²) in [6, 6.07) is 0. The first kappa shape index (κ1) is 14.7. The summed E-state index contributed by atoms with van der Waals surface area (Å²) in [5.41, 5.74) is -0.323. The number of aliphatic hydroxyl groups excluding tert-OH is 1. The van der Waals surface area contributed by atoms with Gasteiger partial charge in [0.15, 0.2) is 0 Å². The van der Waals surface area contributed by atoms with Gasteiger partial charge in [-0.3, -0.25) is 0 Å². The number of rotatable bonds is 2. The van der Waals surface area contributed by atoms with E-state index in [0.717, 1.165) is 30.6 Å². The molecule has 0 spiro atoms. The smallest absolute Gasteiger partial charge is 0.294 e. The second-order valence-corrected chi connectivity index (χ2v) is 8.07. The van der Waals surface area contributed by atoms with Gasteiger partial charge in [0.05, 0.1) is 0 Å². The van der Waals surface area contributed by atoms with Gasteiger partial charge in [-0.1, -0.05) is 18.4 Å². The molecule has 0 heterocycles. The number of hydrogen-bond acceptors (Lipinski definition) is 1. The Bertz CT molecular complexity index is 426. The molecule has 1 N–H and O–H groups in total. The third-order valence-electron chi connectivity index (χ3n) is 7.13. The summed E-state index contributed by atoms with van der Waals surface area (Å²) in [7, 11) is 0. The number of aliphatic hydroxyl groups is 1. The molecule has 0 radical (unpaired) electrons. The summed E-state index contributed by atoms with van der Waals surface area (Å²) >= 11 is 0. The van der Waals surface area contributed by atoms with Gasteiger partial charge in [0.1, 0.15) is 0 Å².